The summed E-state index contributed by atoms with van der Waals surface area (Å²) in [6, 6.07) is 97.4. The van der Waals surface area contributed by atoms with Crippen LogP contribution in [0.4, 0.5) is 13.0 Å². The first kappa shape index (κ1) is 74.3. The second kappa shape index (κ2) is 36.3. The third-order valence-electron chi connectivity index (χ3n) is 16.2. The normalized spacial score (nSPS) is 10.7. The second-order valence-electron chi connectivity index (χ2n) is 23.9. The Kier molecular flexibility index (Phi) is 26.4. The SMILES string of the molecule is CC(C)(c1ccc(O)cc1)c1ccc(O)cc1.CC(C)(c1ccc(Oc2ccc(C(=O)c3ccc(Oc4ccccc4)cc3)cc2)cc1)c1ccc(Oc2ccc(C(=O)c3ccc(Oc4ccccc4)cc3)cc2)cc1.FP[P-2].O=C(c1ccc(F)cc1)c1ccc(F)cc1.Oc1ccccc1. The lowest BCUT2D eigenvalue weighted by molar-refractivity contribution is 0.103. The monoisotopic (exact) mass is 1390 g/mol. The highest BCUT2D eigenvalue weighted by atomic mass is 32.0. The fourth-order valence-corrected chi connectivity index (χ4v) is 10.3. The van der Waals surface area contributed by atoms with Crippen molar-refractivity contribution in [3.8, 4) is 63.2 Å². The van der Waals surface area contributed by atoms with Crippen LogP contribution in [0.5, 0.6) is 63.2 Å². The molecule has 0 saturated carbocycles. The van der Waals surface area contributed by atoms with Gasteiger partial charge >= 0.3 is 0 Å². The molecule has 13 rings (SSSR count). The van der Waals surface area contributed by atoms with Gasteiger partial charge < -0.3 is 51.8 Å². The first-order valence-electron chi connectivity index (χ1n) is 32.2. The second-order valence-corrected chi connectivity index (χ2v) is 24.6. The highest BCUT2D eigenvalue weighted by Gasteiger charge is 2.25. The summed E-state index contributed by atoms with van der Waals surface area (Å²) < 4.78 is 59.4. The van der Waals surface area contributed by atoms with Gasteiger partial charge in [-0.1, -0.05) is 131 Å². The van der Waals surface area contributed by atoms with E-state index in [1.165, 1.54) is 48.5 Å². The van der Waals surface area contributed by atoms with E-state index in [1.54, 1.807) is 146 Å². The van der Waals surface area contributed by atoms with Crippen LogP contribution in [-0.4, -0.2) is 32.7 Å². The largest absolute Gasteiger partial charge is 1.42 e. The van der Waals surface area contributed by atoms with Gasteiger partial charge in [0.05, 0.1) is 0 Å². The predicted octanol–water partition coefficient (Wildman–Crippen LogP) is 23.5. The molecular weight excluding hydrogens is 1320 g/mol. The number of ether oxygens (including phenoxy) is 4. The lowest BCUT2D eigenvalue weighted by Gasteiger charge is -2.26. The van der Waals surface area contributed by atoms with Crippen LogP contribution in [0.2, 0.25) is 0 Å². The standard InChI is InChI=1S/C53H40O6.C15H16O2.C13H8F2O.C6H6O.FHP2/c1-53(2,41-21-33-49(34-22-41)58-47-29-17-39(18-30-47)51(54)37-13-25-45(26-14-37)56-43-9-5-3-6-10-43)42-23-35-50(36-24-42)59-48-31-19-40(20-32-48)52(55)38-15-27-46(28-16-38)57-44-11-7-4-8-12-44;1-15(2,11-3-7-13(16)8-4-11)12-5-9-14(17)10-6-12;14-11-5-1-9(2-6-11)13(16)10-3-7-12(15)8-4-10;7-6-4-2-1-3-5-6;1-3-2/h3-36H,1-2H3;3-10,16-17H,1-2H3;1-8H;1-5,7H;3H/q;;;;-2. The Bertz CT molecular complexity index is 4460. The molecule has 13 aromatic rings. The highest BCUT2D eigenvalue weighted by Crippen LogP contribution is 2.37. The Labute approximate surface area is 596 Å². The van der Waals surface area contributed by atoms with E-state index in [2.05, 4.69) is 60.9 Å². The number of carbonyl (C=O) groups excluding carboxylic acids is 3. The zero-order valence-corrected chi connectivity index (χ0v) is 57.9. The molecule has 0 heterocycles. The summed E-state index contributed by atoms with van der Waals surface area (Å²) in [7, 11) is 2.43. The Morgan fingerprint density at radius 3 is 0.647 bits per heavy atom. The molecule has 13 aromatic carbocycles. The number of rotatable bonds is 18. The van der Waals surface area contributed by atoms with Gasteiger partial charge in [-0.2, -0.15) is 0 Å². The van der Waals surface area contributed by atoms with Crippen LogP contribution in [0.25, 0.3) is 0 Å². The van der Waals surface area contributed by atoms with Gasteiger partial charge in [0, 0.05) is 44.2 Å². The van der Waals surface area contributed by atoms with E-state index in [0.29, 0.717) is 73.6 Å². The predicted molar refractivity (Wildman–Crippen MR) is 400 cm³/mol. The summed E-state index contributed by atoms with van der Waals surface area (Å²) >= 11 is 0. The molecule has 512 valence electrons. The van der Waals surface area contributed by atoms with Crippen molar-refractivity contribution in [2.45, 2.75) is 38.5 Å². The van der Waals surface area contributed by atoms with E-state index >= 15 is 0 Å². The van der Waals surface area contributed by atoms with Crippen molar-refractivity contribution in [1.82, 2.24) is 0 Å². The Morgan fingerprint density at radius 1 is 0.275 bits per heavy atom. The summed E-state index contributed by atoms with van der Waals surface area (Å²) in [5, 5.41) is 27.2. The molecule has 1 unspecified atom stereocenters. The maximum absolute atomic E-state index is 13.1. The van der Waals surface area contributed by atoms with Crippen molar-refractivity contribution in [2.24, 2.45) is 0 Å². The van der Waals surface area contributed by atoms with Gasteiger partial charge in [0.25, 0.3) is 0 Å². The molecule has 0 aromatic heterocycles. The zero-order valence-electron chi connectivity index (χ0n) is 56.0. The molecule has 0 aliphatic heterocycles. The van der Waals surface area contributed by atoms with Crippen LogP contribution in [0, 0.1) is 11.6 Å². The Balaban J connectivity index is 0.000000224. The van der Waals surface area contributed by atoms with Crippen LogP contribution in [-0.2, 0) is 10.8 Å². The van der Waals surface area contributed by atoms with Gasteiger partial charge in [-0.15, -0.1) is 0 Å². The molecule has 0 saturated heterocycles. The van der Waals surface area contributed by atoms with Crippen LogP contribution >= 0.6 is 17.5 Å². The van der Waals surface area contributed by atoms with Crippen LogP contribution in [0.1, 0.15) is 97.7 Å². The number of halogens is 3. The number of phenols is 3. The van der Waals surface area contributed by atoms with Gasteiger partial charge in [0.2, 0.25) is 0 Å². The van der Waals surface area contributed by atoms with Gasteiger partial charge in [-0.25, -0.2) is 8.78 Å². The quantitative estimate of drug-likeness (QED) is 0.0560. The van der Waals surface area contributed by atoms with E-state index < -0.39 is 20.2 Å². The molecule has 0 fully saturated rings. The van der Waals surface area contributed by atoms with Crippen LogP contribution < -0.4 is 18.9 Å². The average molecular weight is 1400 g/mol. The Morgan fingerprint density at radius 2 is 0.441 bits per heavy atom. The number of hydrogen-bond acceptors (Lipinski definition) is 10. The molecule has 0 spiro atoms. The topological polar surface area (TPSA) is 149 Å². The molecule has 0 radical (unpaired) electrons. The number of aromatic hydroxyl groups is 3. The van der Waals surface area contributed by atoms with Crippen molar-refractivity contribution in [1.29, 1.82) is 0 Å². The van der Waals surface area contributed by atoms with E-state index in [-0.39, 0.29) is 39.7 Å². The third kappa shape index (κ3) is 21.6. The van der Waals surface area contributed by atoms with Crippen LogP contribution in [0.3, 0.4) is 0 Å². The molecule has 102 heavy (non-hydrogen) atoms. The van der Waals surface area contributed by atoms with E-state index in [4.69, 9.17) is 24.1 Å². The van der Waals surface area contributed by atoms with Crippen molar-refractivity contribution >= 4 is 34.9 Å². The van der Waals surface area contributed by atoms with E-state index in [9.17, 15) is 37.6 Å². The number of carbonyl (C=O) groups is 3. The first-order valence-corrected chi connectivity index (χ1v) is 34.3. The maximum Gasteiger partial charge on any atom is 0.193 e. The highest BCUT2D eigenvalue weighted by molar-refractivity contribution is 8.00. The minimum atomic E-state index is -0.722. The molecule has 3 N–H and O–H groups in total. The van der Waals surface area contributed by atoms with Gasteiger partial charge in [-0.3, -0.25) is 18.6 Å². The average Bonchev–Trinajstić information content (AvgIpc) is 0.804. The summed E-state index contributed by atoms with van der Waals surface area (Å²) in [6.07, 6.45) is 0. The molecule has 1 atom stereocenters. The minimum Gasteiger partial charge on any atom is -1.42 e. The van der Waals surface area contributed by atoms with Crippen molar-refractivity contribution < 1.29 is 61.6 Å². The first-order chi connectivity index (χ1) is 49.2. The van der Waals surface area contributed by atoms with Gasteiger partial charge in [0.1, 0.15) is 74.9 Å². The molecule has 10 nitrogen and oxygen atoms in total. The molecular formula is C87H71F3O10P2-2. The summed E-state index contributed by atoms with van der Waals surface area (Å²) in [6.45, 7) is 8.59. The van der Waals surface area contributed by atoms with E-state index in [0.717, 1.165) is 33.8 Å². The lowest BCUT2D eigenvalue weighted by atomic mass is 9.78. The van der Waals surface area contributed by atoms with Gasteiger partial charge in [0.15, 0.2) is 17.3 Å². The number of phenolic OH excluding ortho intramolecular Hbond substituents is 3. The lowest BCUT2D eigenvalue weighted by Crippen LogP contribution is -2.18. The smallest absolute Gasteiger partial charge is 0.193 e. The molecule has 0 aliphatic rings. The van der Waals surface area contributed by atoms with Crippen molar-refractivity contribution in [3.63, 3.8) is 0 Å². The van der Waals surface area contributed by atoms with Crippen LogP contribution in [0.15, 0.2) is 334 Å². The summed E-state index contributed by atoms with van der Waals surface area (Å²) in [4.78, 5) is 38.1. The molecule has 0 bridgehead atoms. The number of ketones is 3. The maximum atomic E-state index is 13.1. The number of para-hydroxylation sites is 3. The zero-order chi connectivity index (χ0) is 72.4. The fourth-order valence-electron chi connectivity index (χ4n) is 10.3. The van der Waals surface area contributed by atoms with Crippen molar-refractivity contribution in [2.75, 3.05) is 0 Å². The summed E-state index contributed by atoms with van der Waals surface area (Å²) in [5.74, 6) is 5.15. The minimum absolute atomic E-state index is 0.0784. The van der Waals surface area contributed by atoms with E-state index in [1.807, 2.05) is 115 Å². The number of hydrogen-bond donors (Lipinski definition) is 3. The Hall–Kier alpha value is -11.9. The molecule has 0 aliphatic carbocycles. The fraction of sp³-hybridized carbons (Fsp3) is 0.0690. The number of benzene rings is 13. The third-order valence-corrected chi connectivity index (χ3v) is 16.2. The molecule has 0 amide bonds. The van der Waals surface area contributed by atoms with Crippen molar-refractivity contribution in [3.05, 3.63) is 401 Å². The molecule has 15 heteroatoms. The van der Waals surface area contributed by atoms with Gasteiger partial charge in [-0.05, 0) is 253 Å². The summed E-state index contributed by atoms with van der Waals surface area (Å²) in [5.41, 5.74) is 7.11.